The van der Waals surface area contributed by atoms with Crippen molar-refractivity contribution in [3.8, 4) is 0 Å². The number of nitrogens with two attached hydrogens (primary N) is 1. The highest BCUT2D eigenvalue weighted by molar-refractivity contribution is 5.94. The number of aryl methyl sites for hydroxylation is 2. The van der Waals surface area contributed by atoms with Gasteiger partial charge in [-0.15, -0.1) is 12.4 Å². The van der Waals surface area contributed by atoms with Crippen molar-refractivity contribution in [1.29, 1.82) is 0 Å². The Hall–Kier alpha value is -1.85. The first kappa shape index (κ1) is 21.2. The van der Waals surface area contributed by atoms with E-state index in [0.29, 0.717) is 18.7 Å². The molecule has 6 heteroatoms. The number of nitrogens with zero attached hydrogens (tertiary/aromatic N) is 2. The van der Waals surface area contributed by atoms with Crippen LogP contribution in [0.1, 0.15) is 54.0 Å². The normalized spacial score (nSPS) is 11.1. The molecule has 3 N–H and O–H groups in total. The van der Waals surface area contributed by atoms with Crippen LogP contribution in [-0.2, 0) is 6.54 Å². The number of amides is 1. The number of carbonyl (C=O) groups is 1. The van der Waals surface area contributed by atoms with Gasteiger partial charge in [-0.25, -0.2) is 0 Å². The first-order valence-corrected chi connectivity index (χ1v) is 8.55. The number of benzene rings is 1. The van der Waals surface area contributed by atoms with E-state index < -0.39 is 0 Å². The van der Waals surface area contributed by atoms with Crippen LogP contribution >= 0.6 is 12.4 Å². The fourth-order valence-corrected chi connectivity index (χ4v) is 2.85. The molecule has 2 aromatic rings. The second-order valence-electron chi connectivity index (χ2n) is 6.43. The number of nitrogens with one attached hydrogen (secondary N) is 1. The van der Waals surface area contributed by atoms with Crippen molar-refractivity contribution in [2.45, 2.75) is 52.6 Å². The third-order valence-corrected chi connectivity index (χ3v) is 4.77. The van der Waals surface area contributed by atoms with E-state index in [1.807, 2.05) is 56.6 Å². The monoisotopic (exact) mass is 364 g/mol. The highest BCUT2D eigenvalue weighted by Crippen LogP contribution is 2.15. The standard InChI is InChI=1S/C19H28N4O.ClH/c1-5-19(6-2,13-20)21-18(24)17-9-7-16(8-10-17)12-23-15(4)11-14(3)22-23;/h7-11H,5-6,12-13,20H2,1-4H3,(H,21,24);1H. The molecule has 0 aliphatic heterocycles. The largest absolute Gasteiger partial charge is 0.345 e. The number of hydrogen-bond donors (Lipinski definition) is 2. The van der Waals surface area contributed by atoms with Crippen molar-refractivity contribution >= 4 is 18.3 Å². The van der Waals surface area contributed by atoms with Crippen LogP contribution in [0.25, 0.3) is 0 Å². The molecule has 0 radical (unpaired) electrons. The maximum absolute atomic E-state index is 12.5. The van der Waals surface area contributed by atoms with Gasteiger partial charge in [-0.05, 0) is 50.5 Å². The Morgan fingerprint density at radius 3 is 2.24 bits per heavy atom. The predicted octanol–water partition coefficient (Wildman–Crippen LogP) is 3.22. The lowest BCUT2D eigenvalue weighted by atomic mass is 9.92. The van der Waals surface area contributed by atoms with Crippen LogP contribution in [0.15, 0.2) is 30.3 Å². The van der Waals surface area contributed by atoms with Gasteiger partial charge in [-0.2, -0.15) is 5.10 Å². The van der Waals surface area contributed by atoms with Gasteiger partial charge in [0, 0.05) is 17.8 Å². The van der Waals surface area contributed by atoms with Crippen molar-refractivity contribution in [3.05, 3.63) is 52.8 Å². The zero-order valence-electron chi connectivity index (χ0n) is 15.5. The molecule has 0 saturated carbocycles. The van der Waals surface area contributed by atoms with Gasteiger partial charge in [0.05, 0.1) is 17.8 Å². The van der Waals surface area contributed by atoms with Crippen LogP contribution in [0, 0.1) is 13.8 Å². The SMILES string of the molecule is CCC(CC)(CN)NC(=O)c1ccc(Cn2nc(C)cc2C)cc1.Cl. The molecule has 1 amide bonds. The summed E-state index contributed by atoms with van der Waals surface area (Å²) in [7, 11) is 0. The molecule has 138 valence electrons. The highest BCUT2D eigenvalue weighted by Gasteiger charge is 2.26. The number of aromatic nitrogens is 2. The third-order valence-electron chi connectivity index (χ3n) is 4.77. The summed E-state index contributed by atoms with van der Waals surface area (Å²) in [5.41, 5.74) is 9.46. The first-order chi connectivity index (χ1) is 11.4. The van der Waals surface area contributed by atoms with E-state index in [1.165, 1.54) is 0 Å². The maximum Gasteiger partial charge on any atom is 0.251 e. The fourth-order valence-electron chi connectivity index (χ4n) is 2.85. The third kappa shape index (κ3) is 5.06. The predicted molar refractivity (Wildman–Crippen MR) is 104 cm³/mol. The van der Waals surface area contributed by atoms with E-state index in [4.69, 9.17) is 5.73 Å². The summed E-state index contributed by atoms with van der Waals surface area (Å²) in [5.74, 6) is -0.0678. The van der Waals surface area contributed by atoms with Crippen LogP contribution in [-0.4, -0.2) is 27.8 Å². The van der Waals surface area contributed by atoms with Crippen LogP contribution in [0.2, 0.25) is 0 Å². The minimum atomic E-state index is -0.320. The second kappa shape index (κ2) is 9.02. The topological polar surface area (TPSA) is 72.9 Å². The highest BCUT2D eigenvalue weighted by atomic mass is 35.5. The van der Waals surface area contributed by atoms with E-state index in [2.05, 4.69) is 16.5 Å². The summed E-state index contributed by atoms with van der Waals surface area (Å²) in [4.78, 5) is 12.5. The van der Waals surface area contributed by atoms with Crippen molar-refractivity contribution in [1.82, 2.24) is 15.1 Å². The molecular weight excluding hydrogens is 336 g/mol. The number of carbonyl (C=O) groups excluding carboxylic acids is 1. The van der Waals surface area contributed by atoms with Crippen molar-refractivity contribution in [2.24, 2.45) is 5.73 Å². The lowest BCUT2D eigenvalue weighted by molar-refractivity contribution is 0.0895. The molecule has 0 atom stereocenters. The molecular formula is C19H29ClN4O. The molecule has 1 heterocycles. The lowest BCUT2D eigenvalue weighted by Crippen LogP contribution is -2.52. The number of hydrogen-bond acceptors (Lipinski definition) is 3. The van der Waals surface area contributed by atoms with Crippen LogP contribution < -0.4 is 11.1 Å². The summed E-state index contributed by atoms with van der Waals surface area (Å²) >= 11 is 0. The summed E-state index contributed by atoms with van der Waals surface area (Å²) in [6.07, 6.45) is 1.64. The Balaban J connectivity index is 0.00000312. The Morgan fingerprint density at radius 2 is 1.80 bits per heavy atom. The van der Waals surface area contributed by atoms with E-state index in [9.17, 15) is 4.79 Å². The molecule has 1 aromatic heterocycles. The summed E-state index contributed by atoms with van der Waals surface area (Å²) < 4.78 is 1.97. The van der Waals surface area contributed by atoms with Gasteiger partial charge < -0.3 is 11.1 Å². The number of rotatable bonds is 7. The quantitative estimate of drug-likeness (QED) is 0.792. The molecule has 0 aliphatic rings. The molecule has 0 spiro atoms. The molecule has 0 fully saturated rings. The van der Waals surface area contributed by atoms with Crippen molar-refractivity contribution in [2.75, 3.05) is 6.54 Å². The summed E-state index contributed by atoms with van der Waals surface area (Å²) in [5, 5.41) is 7.56. The van der Waals surface area contributed by atoms with Gasteiger partial charge >= 0.3 is 0 Å². The Kier molecular flexibility index (Phi) is 7.64. The minimum Gasteiger partial charge on any atom is -0.345 e. The first-order valence-electron chi connectivity index (χ1n) is 8.55. The van der Waals surface area contributed by atoms with Crippen LogP contribution in [0.4, 0.5) is 0 Å². The van der Waals surface area contributed by atoms with E-state index in [1.54, 1.807) is 0 Å². The van der Waals surface area contributed by atoms with Gasteiger partial charge in [0.2, 0.25) is 0 Å². The smallest absolute Gasteiger partial charge is 0.251 e. The number of halogens is 1. The molecule has 0 saturated heterocycles. The Labute approximate surface area is 156 Å². The molecule has 0 unspecified atom stereocenters. The second-order valence-corrected chi connectivity index (χ2v) is 6.43. The average molecular weight is 365 g/mol. The fraction of sp³-hybridized carbons (Fsp3) is 0.474. The Morgan fingerprint density at radius 1 is 1.20 bits per heavy atom. The molecule has 25 heavy (non-hydrogen) atoms. The zero-order valence-corrected chi connectivity index (χ0v) is 16.3. The van der Waals surface area contributed by atoms with Gasteiger partial charge in [-0.1, -0.05) is 26.0 Å². The molecule has 5 nitrogen and oxygen atoms in total. The minimum absolute atomic E-state index is 0. The summed E-state index contributed by atoms with van der Waals surface area (Å²) in [6.45, 7) is 9.29. The van der Waals surface area contributed by atoms with E-state index in [0.717, 1.165) is 29.8 Å². The van der Waals surface area contributed by atoms with Gasteiger partial charge in [0.25, 0.3) is 5.91 Å². The van der Waals surface area contributed by atoms with Crippen LogP contribution in [0.3, 0.4) is 0 Å². The van der Waals surface area contributed by atoms with E-state index in [-0.39, 0.29) is 23.9 Å². The Bertz CT molecular complexity index is 682. The molecule has 0 bridgehead atoms. The van der Waals surface area contributed by atoms with Gasteiger partial charge in [0.15, 0.2) is 0 Å². The van der Waals surface area contributed by atoms with Crippen molar-refractivity contribution in [3.63, 3.8) is 0 Å². The lowest BCUT2D eigenvalue weighted by Gasteiger charge is -2.31. The molecule has 1 aromatic carbocycles. The zero-order chi connectivity index (χ0) is 17.7. The van der Waals surface area contributed by atoms with Gasteiger partial charge in [-0.3, -0.25) is 9.48 Å². The van der Waals surface area contributed by atoms with Crippen LogP contribution in [0.5, 0.6) is 0 Å². The average Bonchev–Trinajstić information content (AvgIpc) is 2.90. The van der Waals surface area contributed by atoms with Gasteiger partial charge in [0.1, 0.15) is 0 Å². The van der Waals surface area contributed by atoms with Crippen molar-refractivity contribution < 1.29 is 4.79 Å². The maximum atomic E-state index is 12.5. The molecule has 2 rings (SSSR count). The molecule has 0 aliphatic carbocycles. The van der Waals surface area contributed by atoms with E-state index >= 15 is 0 Å². The summed E-state index contributed by atoms with van der Waals surface area (Å²) in [6, 6.07) is 9.75.